The summed E-state index contributed by atoms with van der Waals surface area (Å²) >= 11 is 0. The number of benzene rings is 2. The average Bonchev–Trinajstić information content (AvgIpc) is 2.89. The Bertz CT molecular complexity index is 1030. The molecule has 1 aromatic heterocycles. The van der Waals surface area contributed by atoms with Crippen molar-refractivity contribution in [3.05, 3.63) is 70.1 Å². The molecule has 0 spiro atoms. The molecule has 6 nitrogen and oxygen atoms in total. The summed E-state index contributed by atoms with van der Waals surface area (Å²) in [5, 5.41) is 0. The van der Waals surface area contributed by atoms with Crippen molar-refractivity contribution in [2.24, 2.45) is 12.0 Å². The molecule has 6 heteroatoms. The zero-order valence-corrected chi connectivity index (χ0v) is 14.7. The lowest BCUT2D eigenvalue weighted by molar-refractivity contribution is 0.171. The zero-order chi connectivity index (χ0) is 18.1. The Morgan fingerprint density at radius 1 is 1.04 bits per heavy atom. The molecule has 132 valence electrons. The number of nitrogens with zero attached hydrogens (tertiary/aromatic N) is 3. The summed E-state index contributed by atoms with van der Waals surface area (Å²) in [4.78, 5) is 17.3. The molecule has 26 heavy (non-hydrogen) atoms. The van der Waals surface area contributed by atoms with Gasteiger partial charge in [0.15, 0.2) is 17.2 Å². The van der Waals surface area contributed by atoms with Gasteiger partial charge in [-0.1, -0.05) is 18.2 Å². The van der Waals surface area contributed by atoms with Crippen LogP contribution in [-0.4, -0.2) is 28.8 Å². The highest BCUT2D eigenvalue weighted by atomic mass is 16.6. The molecule has 0 aliphatic carbocycles. The third-order valence-corrected chi connectivity index (χ3v) is 4.43. The number of aromatic nitrogens is 2. The fourth-order valence-electron chi connectivity index (χ4n) is 2.98. The van der Waals surface area contributed by atoms with Crippen LogP contribution in [0.25, 0.3) is 5.69 Å². The number of rotatable bonds is 3. The largest absolute Gasteiger partial charge is 0.486 e. The molecule has 2 heterocycles. The normalized spacial score (nSPS) is 13.3. The summed E-state index contributed by atoms with van der Waals surface area (Å²) in [6.07, 6.45) is 1.68. The molecule has 0 saturated heterocycles. The summed E-state index contributed by atoms with van der Waals surface area (Å²) in [5.41, 5.74) is 2.73. The Morgan fingerprint density at radius 3 is 2.54 bits per heavy atom. The van der Waals surface area contributed by atoms with Gasteiger partial charge in [0.05, 0.1) is 11.4 Å². The van der Waals surface area contributed by atoms with E-state index in [-0.39, 0.29) is 5.56 Å². The van der Waals surface area contributed by atoms with Crippen LogP contribution >= 0.6 is 0 Å². The van der Waals surface area contributed by atoms with Crippen molar-refractivity contribution < 1.29 is 9.47 Å². The molecule has 0 amide bonds. The lowest BCUT2D eigenvalue weighted by atomic mass is 10.2. The van der Waals surface area contributed by atoms with E-state index in [0.717, 1.165) is 22.7 Å². The van der Waals surface area contributed by atoms with Gasteiger partial charge in [-0.15, -0.1) is 0 Å². The minimum Gasteiger partial charge on any atom is -0.486 e. The van der Waals surface area contributed by atoms with Crippen molar-refractivity contribution in [3.8, 4) is 17.2 Å². The van der Waals surface area contributed by atoms with Crippen molar-refractivity contribution >= 4 is 11.9 Å². The zero-order valence-electron chi connectivity index (χ0n) is 14.7. The Morgan fingerprint density at radius 2 is 1.77 bits per heavy atom. The van der Waals surface area contributed by atoms with Crippen LogP contribution in [0.4, 0.5) is 5.69 Å². The van der Waals surface area contributed by atoms with Crippen molar-refractivity contribution in [3.63, 3.8) is 0 Å². The second kappa shape index (κ2) is 6.55. The fraction of sp³-hybridized carbons (Fsp3) is 0.200. The quantitative estimate of drug-likeness (QED) is 0.683. The van der Waals surface area contributed by atoms with Gasteiger partial charge in [-0.3, -0.25) is 9.48 Å². The number of hydrogen-bond donors (Lipinski definition) is 0. The third-order valence-electron chi connectivity index (χ3n) is 4.43. The first kappa shape index (κ1) is 16.2. The molecule has 1 aliphatic heterocycles. The summed E-state index contributed by atoms with van der Waals surface area (Å²) < 4.78 is 14.5. The van der Waals surface area contributed by atoms with Crippen LogP contribution in [0.3, 0.4) is 0 Å². The summed E-state index contributed by atoms with van der Waals surface area (Å²) in [5.74, 6) is 1.43. The van der Waals surface area contributed by atoms with E-state index < -0.39 is 0 Å². The molecular formula is C20H19N3O3. The Kier molecular flexibility index (Phi) is 4.08. The summed E-state index contributed by atoms with van der Waals surface area (Å²) in [6, 6.07) is 15.1. The van der Waals surface area contributed by atoms with Gasteiger partial charge in [-0.2, -0.15) is 0 Å². The second-order valence-corrected chi connectivity index (χ2v) is 6.07. The van der Waals surface area contributed by atoms with Crippen molar-refractivity contribution in [1.29, 1.82) is 0 Å². The van der Waals surface area contributed by atoms with Crippen molar-refractivity contribution in [2.45, 2.75) is 6.92 Å². The predicted octanol–water partition coefficient (Wildman–Crippen LogP) is 3.01. The van der Waals surface area contributed by atoms with E-state index in [1.807, 2.05) is 67.2 Å². The van der Waals surface area contributed by atoms with Crippen molar-refractivity contribution in [1.82, 2.24) is 9.36 Å². The topological polar surface area (TPSA) is 57.8 Å². The van der Waals surface area contributed by atoms with Crippen LogP contribution < -0.4 is 15.0 Å². The Labute approximate surface area is 150 Å². The highest BCUT2D eigenvalue weighted by Gasteiger charge is 2.15. The first-order valence-electron chi connectivity index (χ1n) is 8.43. The smallest absolute Gasteiger partial charge is 0.297 e. The van der Waals surface area contributed by atoms with Gasteiger partial charge in [0.1, 0.15) is 13.2 Å². The highest BCUT2D eigenvalue weighted by Crippen LogP contribution is 2.30. The summed E-state index contributed by atoms with van der Waals surface area (Å²) in [7, 11) is 1.85. The fourth-order valence-corrected chi connectivity index (χ4v) is 2.98. The SMILES string of the molecule is Cc1c(N=Cc2ccc3c(c2)OCCO3)c(=O)n(-c2ccccc2)n1C. The molecule has 0 N–H and O–H groups in total. The molecule has 0 radical (unpaired) electrons. The van der Waals surface area contributed by atoms with Crippen molar-refractivity contribution in [2.75, 3.05) is 13.2 Å². The molecule has 0 fully saturated rings. The maximum absolute atomic E-state index is 12.8. The van der Waals surface area contributed by atoms with Crippen LogP contribution in [0.15, 0.2) is 58.3 Å². The summed E-state index contributed by atoms with van der Waals surface area (Å²) in [6.45, 7) is 2.98. The van der Waals surface area contributed by atoms with E-state index >= 15 is 0 Å². The molecule has 0 atom stereocenters. The molecule has 4 rings (SSSR count). The molecule has 3 aromatic rings. The Balaban J connectivity index is 1.71. The number of aliphatic imine (C=N–C) groups is 1. The number of ether oxygens (including phenoxy) is 2. The number of para-hydroxylation sites is 1. The van der Waals surface area contributed by atoms with E-state index in [1.165, 1.54) is 0 Å². The maximum Gasteiger partial charge on any atom is 0.297 e. The van der Waals surface area contributed by atoms with Gasteiger partial charge in [-0.25, -0.2) is 9.67 Å². The van der Waals surface area contributed by atoms with Crippen LogP contribution in [-0.2, 0) is 7.05 Å². The third kappa shape index (κ3) is 2.79. The van der Waals surface area contributed by atoms with E-state index in [0.29, 0.717) is 24.7 Å². The van der Waals surface area contributed by atoms with E-state index in [2.05, 4.69) is 4.99 Å². The molecule has 0 bridgehead atoms. The van der Waals surface area contributed by atoms with E-state index in [1.54, 1.807) is 10.9 Å². The van der Waals surface area contributed by atoms with Crippen LogP contribution in [0.5, 0.6) is 11.5 Å². The number of fused-ring (bicyclic) bond motifs is 1. The molecular weight excluding hydrogens is 330 g/mol. The van der Waals surface area contributed by atoms with Gasteiger partial charge >= 0.3 is 0 Å². The first-order chi connectivity index (χ1) is 12.6. The molecule has 1 aliphatic rings. The first-order valence-corrected chi connectivity index (χ1v) is 8.43. The predicted molar refractivity (Wildman–Crippen MR) is 100 cm³/mol. The molecule has 2 aromatic carbocycles. The van der Waals surface area contributed by atoms with E-state index in [9.17, 15) is 4.79 Å². The Hall–Kier alpha value is -3.28. The average molecular weight is 349 g/mol. The van der Waals surface area contributed by atoms with Gasteiger partial charge in [0.25, 0.3) is 5.56 Å². The minimum atomic E-state index is -0.148. The van der Waals surface area contributed by atoms with Crippen LogP contribution in [0, 0.1) is 6.92 Å². The number of hydrogen-bond acceptors (Lipinski definition) is 4. The minimum absolute atomic E-state index is 0.148. The van der Waals surface area contributed by atoms with E-state index in [4.69, 9.17) is 9.47 Å². The van der Waals surface area contributed by atoms with Gasteiger partial charge in [0, 0.05) is 13.3 Å². The van der Waals surface area contributed by atoms with Gasteiger partial charge in [-0.05, 0) is 42.8 Å². The lowest BCUT2D eigenvalue weighted by Crippen LogP contribution is -2.19. The second-order valence-electron chi connectivity index (χ2n) is 6.07. The van der Waals surface area contributed by atoms with Gasteiger partial charge in [0.2, 0.25) is 0 Å². The standard InChI is InChI=1S/C20H19N3O3/c1-14-19(20(24)23(22(14)2)16-6-4-3-5-7-16)21-13-15-8-9-17-18(12-15)26-11-10-25-17/h3-9,12-13H,10-11H2,1-2H3. The highest BCUT2D eigenvalue weighted by molar-refractivity contribution is 5.83. The maximum atomic E-state index is 12.8. The molecule has 0 unspecified atom stereocenters. The van der Waals surface area contributed by atoms with Gasteiger partial charge < -0.3 is 9.47 Å². The molecule has 0 saturated carbocycles. The monoisotopic (exact) mass is 349 g/mol. The van der Waals surface area contributed by atoms with Crippen LogP contribution in [0.2, 0.25) is 0 Å². The lowest BCUT2D eigenvalue weighted by Gasteiger charge is -2.18. The van der Waals surface area contributed by atoms with Crippen LogP contribution in [0.1, 0.15) is 11.3 Å².